The molecule has 0 radical (unpaired) electrons. The van der Waals surface area contributed by atoms with Gasteiger partial charge in [-0.25, -0.2) is 9.98 Å². The normalized spacial score (nSPS) is 13.9. The van der Waals surface area contributed by atoms with Crippen LogP contribution in [0.2, 0.25) is 0 Å². The van der Waals surface area contributed by atoms with Crippen LogP contribution in [0.25, 0.3) is 126 Å². The van der Waals surface area contributed by atoms with Gasteiger partial charge in [-0.2, -0.15) is 0 Å². The van der Waals surface area contributed by atoms with Crippen molar-refractivity contribution in [3.05, 3.63) is 284 Å². The van der Waals surface area contributed by atoms with Crippen LogP contribution in [0.15, 0.2) is 281 Å². The van der Waals surface area contributed by atoms with E-state index in [9.17, 15) is 0 Å². The molecule has 0 amide bonds. The molecule has 16 aromatic rings. The average Bonchev–Trinajstić information content (AvgIpc) is 4.39. The first-order valence-electron chi connectivity index (χ1n) is 27.2. The van der Waals surface area contributed by atoms with E-state index in [1.165, 1.54) is 43.1 Å². The zero-order chi connectivity index (χ0) is 52.4. The molecule has 1 atom stereocenters. The molecule has 0 saturated heterocycles. The van der Waals surface area contributed by atoms with Gasteiger partial charge in [0.2, 0.25) is 0 Å². The monoisotopic (exact) mass is 1020 g/mol. The molecule has 12 aromatic carbocycles. The van der Waals surface area contributed by atoms with Crippen molar-refractivity contribution in [2.45, 2.75) is 6.17 Å². The molecule has 0 spiro atoms. The predicted octanol–water partition coefficient (Wildman–Crippen LogP) is 18.2. The lowest BCUT2D eigenvalue weighted by molar-refractivity contribution is 0.669. The van der Waals surface area contributed by atoms with E-state index in [0.29, 0.717) is 5.84 Å². The Balaban J connectivity index is 0.910. The average molecular weight is 1020 g/mol. The minimum atomic E-state index is -0.548. The fraction of sp³-hybridized carbons (Fsp3) is 0.0137. The van der Waals surface area contributed by atoms with Crippen LogP contribution in [0.5, 0.6) is 0 Å². The van der Waals surface area contributed by atoms with Crippen LogP contribution in [0, 0.1) is 0 Å². The highest BCUT2D eigenvalue weighted by atomic mass is 16.3. The molecular weight excluding hydrogens is 977 g/mol. The number of rotatable bonds is 7. The van der Waals surface area contributed by atoms with Gasteiger partial charge in [-0.3, -0.25) is 0 Å². The summed E-state index contributed by atoms with van der Waals surface area (Å²) in [7, 11) is 0. The SMILES string of the molecule is c1ccc(-n2c3ccccc3c3ccc(C4=NC(c5ccc(-n6c7ccccc7c7cc8ccccc8cc76)c(-c6cccc7c6oc6ccccc67)c5)NC(c5ccc6c7ccccc7n(-c7ccccc7)c6c5)=N4)cc32)cc1. The quantitative estimate of drug-likeness (QED) is 0.173. The second kappa shape index (κ2) is 17.4. The molecule has 0 aliphatic carbocycles. The number of nitrogens with one attached hydrogen (secondary N) is 1. The van der Waals surface area contributed by atoms with Crippen molar-refractivity contribution in [3.8, 4) is 28.2 Å². The number of nitrogens with zero attached hydrogens (tertiary/aromatic N) is 5. The number of amidine groups is 2. The van der Waals surface area contributed by atoms with E-state index in [4.69, 9.17) is 14.4 Å². The highest BCUT2D eigenvalue weighted by molar-refractivity contribution is 6.19. The minimum absolute atomic E-state index is 0.548. The number of para-hydroxylation sites is 7. The van der Waals surface area contributed by atoms with Gasteiger partial charge in [-0.05, 0) is 101 Å². The number of hydrogen-bond donors (Lipinski definition) is 1. The fourth-order valence-corrected chi connectivity index (χ4v) is 12.8. The first-order chi connectivity index (χ1) is 39.7. The summed E-state index contributed by atoms with van der Waals surface area (Å²) < 4.78 is 14.1. The van der Waals surface area contributed by atoms with Gasteiger partial charge < -0.3 is 23.4 Å². The molecule has 17 rings (SSSR count). The van der Waals surface area contributed by atoms with E-state index in [1.807, 2.05) is 6.07 Å². The minimum Gasteiger partial charge on any atom is -0.455 e. The molecule has 0 saturated carbocycles. The maximum Gasteiger partial charge on any atom is 0.159 e. The molecule has 0 fully saturated rings. The molecule has 374 valence electrons. The summed E-state index contributed by atoms with van der Waals surface area (Å²) >= 11 is 0. The molecule has 1 aliphatic heterocycles. The van der Waals surface area contributed by atoms with Crippen LogP contribution in [-0.2, 0) is 0 Å². The lowest BCUT2D eigenvalue weighted by Crippen LogP contribution is -2.33. The lowest BCUT2D eigenvalue weighted by atomic mass is 9.97. The highest BCUT2D eigenvalue weighted by Gasteiger charge is 2.27. The lowest BCUT2D eigenvalue weighted by Gasteiger charge is -2.25. The Morgan fingerprint density at radius 2 is 0.875 bits per heavy atom. The third-order valence-electron chi connectivity index (χ3n) is 16.5. The Kier molecular flexibility index (Phi) is 9.64. The van der Waals surface area contributed by atoms with Crippen LogP contribution in [0.4, 0.5) is 0 Å². The van der Waals surface area contributed by atoms with Crippen LogP contribution >= 0.6 is 0 Å². The maximum atomic E-state index is 6.90. The smallest absolute Gasteiger partial charge is 0.159 e. The van der Waals surface area contributed by atoms with Crippen molar-refractivity contribution < 1.29 is 4.42 Å². The van der Waals surface area contributed by atoms with Gasteiger partial charge in [-0.15, -0.1) is 0 Å². The van der Waals surface area contributed by atoms with Gasteiger partial charge in [0.25, 0.3) is 0 Å². The summed E-state index contributed by atoms with van der Waals surface area (Å²) in [6, 6.07) is 95.8. The second-order valence-electron chi connectivity index (χ2n) is 20.9. The Hall–Kier alpha value is -10.8. The van der Waals surface area contributed by atoms with Crippen molar-refractivity contribution >= 4 is 110 Å². The predicted molar refractivity (Wildman–Crippen MR) is 332 cm³/mol. The summed E-state index contributed by atoms with van der Waals surface area (Å²) in [5.41, 5.74) is 16.5. The van der Waals surface area contributed by atoms with Crippen LogP contribution in [0.1, 0.15) is 22.9 Å². The van der Waals surface area contributed by atoms with Gasteiger partial charge in [0, 0.05) is 76.7 Å². The number of fused-ring (bicyclic) bond motifs is 13. The summed E-state index contributed by atoms with van der Waals surface area (Å²) in [6.07, 6.45) is -0.548. The molecule has 0 bridgehead atoms. The largest absolute Gasteiger partial charge is 0.455 e. The van der Waals surface area contributed by atoms with E-state index in [1.54, 1.807) is 0 Å². The summed E-state index contributed by atoms with van der Waals surface area (Å²) in [5.74, 6) is 1.37. The van der Waals surface area contributed by atoms with Crippen LogP contribution in [-0.4, -0.2) is 25.4 Å². The topological polar surface area (TPSA) is 64.7 Å². The van der Waals surface area contributed by atoms with E-state index in [-0.39, 0.29) is 0 Å². The molecule has 80 heavy (non-hydrogen) atoms. The van der Waals surface area contributed by atoms with Gasteiger partial charge >= 0.3 is 0 Å². The molecule has 4 aromatic heterocycles. The highest BCUT2D eigenvalue weighted by Crippen LogP contribution is 2.44. The standard InChI is InChI=1S/C73H46N6O/c1-3-20-50(21-4-1)77-62-30-13-9-24-52(62)55-37-34-48(43-66(55)77)72-74-71(75-73(76-72)49-35-38-56-53-25-10-14-31-63(53)78(67(56)44-49)51-22-5-2-6-23-51)47-36-39-65(61(41-47)59-29-17-28-58-57-27-12-16-33-69(57)80-70(58)59)79-64-32-15-11-26-54(64)60-40-45-18-7-8-19-46(45)42-68(60)79/h1-44,71H,(H,74,75,76). The molecular formula is C73H46N6O. The number of aromatic nitrogens is 3. The van der Waals surface area contributed by atoms with Crippen LogP contribution < -0.4 is 5.32 Å². The molecule has 7 nitrogen and oxygen atoms in total. The third kappa shape index (κ3) is 6.74. The fourth-order valence-electron chi connectivity index (χ4n) is 12.8. The number of benzene rings is 12. The van der Waals surface area contributed by atoms with Crippen molar-refractivity contribution in [2.75, 3.05) is 0 Å². The van der Waals surface area contributed by atoms with Crippen LogP contribution in [0.3, 0.4) is 0 Å². The first-order valence-corrected chi connectivity index (χ1v) is 27.2. The molecule has 1 N–H and O–H groups in total. The van der Waals surface area contributed by atoms with Crippen molar-refractivity contribution in [3.63, 3.8) is 0 Å². The number of aliphatic imine (C=N–C) groups is 2. The Bertz CT molecular complexity index is 5290. The Labute approximate surface area is 458 Å². The number of furan rings is 1. The zero-order valence-electron chi connectivity index (χ0n) is 43.1. The van der Waals surface area contributed by atoms with E-state index in [0.717, 1.165) is 106 Å². The second-order valence-corrected chi connectivity index (χ2v) is 20.9. The van der Waals surface area contributed by atoms with Gasteiger partial charge in [0.05, 0.1) is 38.8 Å². The zero-order valence-corrected chi connectivity index (χ0v) is 43.1. The summed E-state index contributed by atoms with van der Waals surface area (Å²) in [4.78, 5) is 11.2. The van der Waals surface area contributed by atoms with E-state index >= 15 is 0 Å². The van der Waals surface area contributed by atoms with Crippen molar-refractivity contribution in [1.29, 1.82) is 0 Å². The summed E-state index contributed by atoms with van der Waals surface area (Å²) in [6.45, 7) is 0. The molecule has 1 aliphatic rings. The first kappa shape index (κ1) is 44.4. The number of hydrogen-bond acceptors (Lipinski definition) is 4. The third-order valence-corrected chi connectivity index (χ3v) is 16.5. The van der Waals surface area contributed by atoms with Gasteiger partial charge in [-0.1, -0.05) is 182 Å². The van der Waals surface area contributed by atoms with Crippen molar-refractivity contribution in [1.82, 2.24) is 19.0 Å². The van der Waals surface area contributed by atoms with E-state index in [2.05, 4.69) is 280 Å². The Morgan fingerprint density at radius 1 is 0.350 bits per heavy atom. The summed E-state index contributed by atoms with van der Waals surface area (Å²) in [5, 5.41) is 15.6. The molecule has 1 unspecified atom stereocenters. The van der Waals surface area contributed by atoms with E-state index < -0.39 is 6.17 Å². The Morgan fingerprint density at radius 3 is 1.56 bits per heavy atom. The van der Waals surface area contributed by atoms with Gasteiger partial charge in [0.1, 0.15) is 23.2 Å². The van der Waals surface area contributed by atoms with Gasteiger partial charge in [0.15, 0.2) is 5.84 Å². The molecule has 7 heteroatoms. The maximum absolute atomic E-state index is 6.90. The molecule has 5 heterocycles. The van der Waals surface area contributed by atoms with Crippen molar-refractivity contribution in [2.24, 2.45) is 9.98 Å².